The normalized spacial score (nSPS) is 10.4. The summed E-state index contributed by atoms with van der Waals surface area (Å²) in [4.78, 5) is 16.0. The molecule has 2 rings (SSSR count). The molecule has 124 valence electrons. The van der Waals surface area contributed by atoms with Crippen molar-refractivity contribution in [1.82, 2.24) is 4.98 Å². The molecule has 0 saturated heterocycles. The van der Waals surface area contributed by atoms with E-state index in [0.717, 1.165) is 17.0 Å². The molecule has 0 saturated carbocycles. The third-order valence-corrected chi connectivity index (χ3v) is 3.51. The molecule has 0 unspecified atom stereocenters. The van der Waals surface area contributed by atoms with Gasteiger partial charge in [0, 0.05) is 6.42 Å². The van der Waals surface area contributed by atoms with Gasteiger partial charge in [-0.05, 0) is 31.9 Å². The number of esters is 1. The fourth-order valence-corrected chi connectivity index (χ4v) is 2.20. The van der Waals surface area contributed by atoms with E-state index in [9.17, 15) is 4.79 Å². The van der Waals surface area contributed by atoms with Crippen molar-refractivity contribution < 1.29 is 23.4 Å². The van der Waals surface area contributed by atoms with Crippen LogP contribution in [0.5, 0.6) is 11.5 Å². The van der Waals surface area contributed by atoms with E-state index in [-0.39, 0.29) is 19.0 Å². The Balaban J connectivity index is 1.89. The van der Waals surface area contributed by atoms with Gasteiger partial charge in [0.25, 0.3) is 0 Å². The lowest BCUT2D eigenvalue weighted by Crippen LogP contribution is -2.07. The highest BCUT2D eigenvalue weighted by molar-refractivity contribution is 5.70. The number of para-hydroxylation sites is 1. The number of nitrogens with zero attached hydrogens (tertiary/aromatic N) is 1. The molecule has 0 bridgehead atoms. The van der Waals surface area contributed by atoms with Crippen molar-refractivity contribution in [1.29, 1.82) is 0 Å². The van der Waals surface area contributed by atoms with E-state index in [2.05, 4.69) is 4.98 Å². The Bertz CT molecular complexity index is 658. The molecule has 0 radical (unpaired) electrons. The van der Waals surface area contributed by atoms with E-state index in [1.54, 1.807) is 14.2 Å². The maximum absolute atomic E-state index is 11.9. The van der Waals surface area contributed by atoms with Crippen LogP contribution in [0.3, 0.4) is 0 Å². The molecule has 0 spiro atoms. The van der Waals surface area contributed by atoms with Gasteiger partial charge in [-0.2, -0.15) is 0 Å². The number of aromatic nitrogens is 1. The van der Waals surface area contributed by atoms with Crippen molar-refractivity contribution in [3.63, 3.8) is 0 Å². The minimum absolute atomic E-state index is 0.0444. The third-order valence-electron chi connectivity index (χ3n) is 3.51. The molecule has 2 aromatic rings. The lowest BCUT2D eigenvalue weighted by atomic mass is 10.1. The first-order valence-electron chi connectivity index (χ1n) is 7.33. The lowest BCUT2D eigenvalue weighted by Gasteiger charge is -2.12. The Hall–Kier alpha value is -2.50. The molecule has 0 N–H and O–H groups in total. The summed E-state index contributed by atoms with van der Waals surface area (Å²) >= 11 is 0. The van der Waals surface area contributed by atoms with Crippen molar-refractivity contribution >= 4 is 5.97 Å². The summed E-state index contributed by atoms with van der Waals surface area (Å²) in [5.41, 5.74) is 1.70. The number of hydrogen-bond acceptors (Lipinski definition) is 6. The van der Waals surface area contributed by atoms with Crippen molar-refractivity contribution in [2.24, 2.45) is 0 Å². The van der Waals surface area contributed by atoms with E-state index >= 15 is 0 Å². The second kappa shape index (κ2) is 7.67. The fraction of sp³-hybridized carbons (Fsp3) is 0.412. The number of oxazole rings is 1. The van der Waals surface area contributed by atoms with E-state index < -0.39 is 0 Å². The molecule has 0 aliphatic rings. The standard InChI is InChI=1S/C17H21NO5/c1-11-12(2)23-15(18-11)10-22-16(19)9-8-13-6-5-7-14(20-3)17(13)21-4/h5-7H,8-10H2,1-4H3. The van der Waals surface area contributed by atoms with Gasteiger partial charge in [0.1, 0.15) is 5.76 Å². The van der Waals surface area contributed by atoms with Crippen molar-refractivity contribution in [2.75, 3.05) is 14.2 Å². The van der Waals surface area contributed by atoms with Crippen molar-refractivity contribution in [3.05, 3.63) is 41.1 Å². The maximum atomic E-state index is 11.9. The second-order valence-electron chi connectivity index (χ2n) is 5.06. The van der Waals surface area contributed by atoms with Crippen LogP contribution in [-0.4, -0.2) is 25.2 Å². The zero-order valence-electron chi connectivity index (χ0n) is 13.8. The first kappa shape index (κ1) is 16.9. The summed E-state index contributed by atoms with van der Waals surface area (Å²) in [5.74, 6) is 2.11. The number of methoxy groups -OCH3 is 2. The number of carbonyl (C=O) groups excluding carboxylic acids is 1. The zero-order valence-corrected chi connectivity index (χ0v) is 13.8. The van der Waals surface area contributed by atoms with Gasteiger partial charge in [-0.25, -0.2) is 4.98 Å². The largest absolute Gasteiger partial charge is 0.493 e. The zero-order chi connectivity index (χ0) is 16.8. The minimum Gasteiger partial charge on any atom is -0.493 e. The Morgan fingerprint density at radius 2 is 2.00 bits per heavy atom. The SMILES string of the molecule is COc1cccc(CCC(=O)OCc2nc(C)c(C)o2)c1OC. The van der Waals surface area contributed by atoms with E-state index in [0.29, 0.717) is 23.8 Å². The highest BCUT2D eigenvalue weighted by Crippen LogP contribution is 2.31. The van der Waals surface area contributed by atoms with Gasteiger partial charge in [-0.1, -0.05) is 12.1 Å². The van der Waals surface area contributed by atoms with Gasteiger partial charge in [-0.15, -0.1) is 0 Å². The van der Waals surface area contributed by atoms with Crippen LogP contribution < -0.4 is 9.47 Å². The van der Waals surface area contributed by atoms with Crippen LogP contribution in [0.1, 0.15) is 29.3 Å². The number of aryl methyl sites for hydroxylation is 3. The monoisotopic (exact) mass is 319 g/mol. The molecule has 23 heavy (non-hydrogen) atoms. The number of ether oxygens (including phenoxy) is 3. The molecule has 6 heteroatoms. The van der Waals surface area contributed by atoms with Gasteiger partial charge in [0.2, 0.25) is 5.89 Å². The van der Waals surface area contributed by atoms with Gasteiger partial charge < -0.3 is 18.6 Å². The number of hydrogen-bond donors (Lipinski definition) is 0. The summed E-state index contributed by atoms with van der Waals surface area (Å²) < 4.78 is 21.1. The average molecular weight is 319 g/mol. The third kappa shape index (κ3) is 4.25. The molecule has 6 nitrogen and oxygen atoms in total. The Labute approximate surface area is 135 Å². The van der Waals surface area contributed by atoms with Gasteiger partial charge >= 0.3 is 5.97 Å². The average Bonchev–Trinajstić information content (AvgIpc) is 2.88. The molecule has 0 atom stereocenters. The molecule has 1 aromatic carbocycles. The summed E-state index contributed by atoms with van der Waals surface area (Å²) in [7, 11) is 3.16. The second-order valence-corrected chi connectivity index (χ2v) is 5.06. The molecule has 1 heterocycles. The van der Waals surface area contributed by atoms with Crippen LogP contribution in [0.15, 0.2) is 22.6 Å². The predicted octanol–water partition coefficient (Wildman–Crippen LogP) is 2.98. The molecular weight excluding hydrogens is 298 g/mol. The van der Waals surface area contributed by atoms with E-state index in [4.69, 9.17) is 18.6 Å². The van der Waals surface area contributed by atoms with Crippen LogP contribution >= 0.6 is 0 Å². The van der Waals surface area contributed by atoms with Crippen molar-refractivity contribution in [2.45, 2.75) is 33.3 Å². The van der Waals surface area contributed by atoms with Crippen LogP contribution in [0.2, 0.25) is 0 Å². The molecule has 1 aromatic heterocycles. The van der Waals surface area contributed by atoms with Crippen LogP contribution in [0.25, 0.3) is 0 Å². The van der Waals surface area contributed by atoms with Crippen LogP contribution in [-0.2, 0) is 22.6 Å². The maximum Gasteiger partial charge on any atom is 0.306 e. The Kier molecular flexibility index (Phi) is 5.62. The highest BCUT2D eigenvalue weighted by atomic mass is 16.5. The quantitative estimate of drug-likeness (QED) is 0.731. The fourth-order valence-electron chi connectivity index (χ4n) is 2.20. The smallest absolute Gasteiger partial charge is 0.306 e. The van der Waals surface area contributed by atoms with E-state index in [1.165, 1.54) is 0 Å². The molecular formula is C17H21NO5. The number of benzene rings is 1. The van der Waals surface area contributed by atoms with Crippen molar-refractivity contribution in [3.8, 4) is 11.5 Å². The number of rotatable bonds is 7. The predicted molar refractivity (Wildman–Crippen MR) is 83.6 cm³/mol. The first-order chi connectivity index (χ1) is 11.0. The Morgan fingerprint density at radius 3 is 2.61 bits per heavy atom. The first-order valence-corrected chi connectivity index (χ1v) is 7.33. The van der Waals surface area contributed by atoms with Crippen LogP contribution in [0, 0.1) is 13.8 Å². The molecule has 0 amide bonds. The topological polar surface area (TPSA) is 70.8 Å². The van der Waals surface area contributed by atoms with Crippen LogP contribution in [0.4, 0.5) is 0 Å². The summed E-state index contributed by atoms with van der Waals surface area (Å²) in [6.45, 7) is 3.71. The number of carbonyl (C=O) groups is 1. The Morgan fingerprint density at radius 1 is 1.22 bits per heavy atom. The summed E-state index contributed by atoms with van der Waals surface area (Å²) in [6.07, 6.45) is 0.741. The van der Waals surface area contributed by atoms with Gasteiger partial charge in [0.15, 0.2) is 18.1 Å². The van der Waals surface area contributed by atoms with Gasteiger partial charge in [-0.3, -0.25) is 4.79 Å². The minimum atomic E-state index is -0.316. The van der Waals surface area contributed by atoms with Gasteiger partial charge in [0.05, 0.1) is 19.9 Å². The summed E-state index contributed by atoms with van der Waals surface area (Å²) in [5, 5.41) is 0. The molecule has 0 aliphatic heterocycles. The highest BCUT2D eigenvalue weighted by Gasteiger charge is 2.13. The molecule has 0 fully saturated rings. The summed E-state index contributed by atoms with van der Waals surface area (Å²) in [6, 6.07) is 5.57. The van der Waals surface area contributed by atoms with E-state index in [1.807, 2.05) is 32.0 Å². The lowest BCUT2D eigenvalue weighted by molar-refractivity contribution is -0.145. The molecule has 0 aliphatic carbocycles.